The molecule has 1 aliphatic carbocycles. The van der Waals surface area contributed by atoms with Gasteiger partial charge in [-0.1, -0.05) is 31.0 Å². The molecule has 1 fully saturated rings. The zero-order chi connectivity index (χ0) is 15.3. The van der Waals surface area contributed by atoms with Crippen LogP contribution in [-0.2, 0) is 9.84 Å². The van der Waals surface area contributed by atoms with E-state index in [-0.39, 0.29) is 11.3 Å². The van der Waals surface area contributed by atoms with Gasteiger partial charge in [0.2, 0.25) is 0 Å². The maximum absolute atomic E-state index is 11.9. The number of para-hydroxylation sites is 1. The predicted molar refractivity (Wildman–Crippen MR) is 85.5 cm³/mol. The fraction of sp³-hybridized carbons (Fsp3) is 0.625. The lowest BCUT2D eigenvalue weighted by Gasteiger charge is -2.36. The van der Waals surface area contributed by atoms with Gasteiger partial charge in [-0.25, -0.2) is 8.42 Å². The van der Waals surface area contributed by atoms with E-state index in [1.165, 1.54) is 6.26 Å². The molecule has 1 aliphatic rings. The highest BCUT2D eigenvalue weighted by Gasteiger charge is 2.34. The summed E-state index contributed by atoms with van der Waals surface area (Å²) in [6.07, 6.45) is 5.24. The fourth-order valence-corrected chi connectivity index (χ4v) is 4.58. The molecule has 1 saturated carbocycles. The lowest BCUT2D eigenvalue weighted by Crippen LogP contribution is -2.48. The van der Waals surface area contributed by atoms with E-state index in [9.17, 15) is 8.42 Å². The van der Waals surface area contributed by atoms with Crippen LogP contribution in [0.25, 0.3) is 0 Å². The van der Waals surface area contributed by atoms with E-state index in [0.29, 0.717) is 6.61 Å². The molecule has 0 radical (unpaired) electrons. The Bertz CT molecular complexity index is 530. The first-order valence-electron chi connectivity index (χ1n) is 7.55. The molecule has 5 heteroatoms. The molecule has 2 rings (SSSR count). The summed E-state index contributed by atoms with van der Waals surface area (Å²) in [7, 11) is -0.977. The summed E-state index contributed by atoms with van der Waals surface area (Å²) in [5.41, 5.74) is 0. The van der Waals surface area contributed by atoms with Gasteiger partial charge in [0, 0.05) is 18.8 Å². The molecule has 21 heavy (non-hydrogen) atoms. The number of ether oxygens (including phenoxy) is 1. The third-order valence-electron chi connectivity index (χ3n) is 4.24. The third kappa shape index (κ3) is 4.71. The van der Waals surface area contributed by atoms with Gasteiger partial charge in [0.05, 0.1) is 5.25 Å². The second-order valence-electron chi connectivity index (χ2n) is 5.86. The van der Waals surface area contributed by atoms with Crippen molar-refractivity contribution in [2.75, 3.05) is 26.5 Å². The Morgan fingerprint density at radius 1 is 1.19 bits per heavy atom. The van der Waals surface area contributed by atoms with E-state index >= 15 is 0 Å². The van der Waals surface area contributed by atoms with Gasteiger partial charge in [-0.15, -0.1) is 0 Å². The highest BCUT2D eigenvalue weighted by Crippen LogP contribution is 2.27. The molecular weight excluding hydrogens is 286 g/mol. The Labute approximate surface area is 128 Å². The van der Waals surface area contributed by atoms with Gasteiger partial charge in [-0.05, 0) is 32.0 Å². The van der Waals surface area contributed by atoms with E-state index in [4.69, 9.17) is 4.74 Å². The third-order valence-corrected chi connectivity index (χ3v) is 5.89. The van der Waals surface area contributed by atoms with Crippen LogP contribution < -0.4 is 4.74 Å². The lowest BCUT2D eigenvalue weighted by molar-refractivity contribution is 0.162. The highest BCUT2D eigenvalue weighted by atomic mass is 32.2. The van der Waals surface area contributed by atoms with Crippen LogP contribution in [-0.4, -0.2) is 51.1 Å². The molecule has 1 aromatic carbocycles. The number of rotatable bonds is 6. The molecule has 4 nitrogen and oxygen atoms in total. The van der Waals surface area contributed by atoms with Crippen LogP contribution in [0.15, 0.2) is 30.3 Å². The van der Waals surface area contributed by atoms with Crippen molar-refractivity contribution in [1.29, 1.82) is 0 Å². The summed E-state index contributed by atoms with van der Waals surface area (Å²) in [6, 6.07) is 9.82. The van der Waals surface area contributed by atoms with Crippen LogP contribution in [0, 0.1) is 0 Å². The van der Waals surface area contributed by atoms with E-state index in [1.54, 1.807) is 0 Å². The molecule has 1 aromatic rings. The van der Waals surface area contributed by atoms with Crippen LogP contribution in [0.3, 0.4) is 0 Å². The first kappa shape index (κ1) is 16.3. The van der Waals surface area contributed by atoms with Gasteiger partial charge < -0.3 is 4.74 Å². The number of nitrogens with zero attached hydrogens (tertiary/aromatic N) is 1. The van der Waals surface area contributed by atoms with E-state index in [0.717, 1.165) is 38.0 Å². The molecule has 0 aliphatic heterocycles. The monoisotopic (exact) mass is 311 g/mol. The molecule has 0 saturated heterocycles. The average molecular weight is 311 g/mol. The molecule has 2 atom stereocenters. The second kappa shape index (κ2) is 7.27. The standard InChI is InChI=1S/C16H25NO3S/c1-17(12-13-20-14-8-4-3-5-9-14)15-10-6-7-11-16(15)21(2,18)19/h3-5,8-9,15-16H,6-7,10-13H2,1-2H3. The van der Waals surface area contributed by atoms with Crippen molar-refractivity contribution in [1.82, 2.24) is 4.90 Å². The van der Waals surface area contributed by atoms with Gasteiger partial charge >= 0.3 is 0 Å². The van der Waals surface area contributed by atoms with Crippen molar-refractivity contribution in [2.45, 2.75) is 37.0 Å². The fourth-order valence-electron chi connectivity index (χ4n) is 3.07. The normalized spacial score (nSPS) is 23.2. The summed E-state index contributed by atoms with van der Waals surface area (Å²) >= 11 is 0. The molecule has 2 unspecified atom stereocenters. The number of benzene rings is 1. The quantitative estimate of drug-likeness (QED) is 0.809. The molecule has 0 N–H and O–H groups in total. The minimum atomic E-state index is -2.98. The van der Waals surface area contributed by atoms with Crippen LogP contribution in [0.2, 0.25) is 0 Å². The summed E-state index contributed by atoms with van der Waals surface area (Å²) < 4.78 is 29.6. The van der Waals surface area contributed by atoms with Gasteiger partial charge in [0.15, 0.2) is 9.84 Å². The minimum Gasteiger partial charge on any atom is -0.492 e. The van der Waals surface area contributed by atoms with Crippen molar-refractivity contribution >= 4 is 9.84 Å². The Morgan fingerprint density at radius 2 is 1.86 bits per heavy atom. The summed E-state index contributed by atoms with van der Waals surface area (Å²) in [5.74, 6) is 0.856. The first-order valence-corrected chi connectivity index (χ1v) is 9.51. The molecular formula is C16H25NO3S. The lowest BCUT2D eigenvalue weighted by atomic mass is 9.94. The Kier molecular flexibility index (Phi) is 5.65. The van der Waals surface area contributed by atoms with E-state index in [1.807, 2.05) is 37.4 Å². The van der Waals surface area contributed by atoms with Crippen LogP contribution in [0.4, 0.5) is 0 Å². The maximum atomic E-state index is 11.9. The Balaban J connectivity index is 1.87. The zero-order valence-corrected chi connectivity index (χ0v) is 13.7. The molecule has 0 amide bonds. The van der Waals surface area contributed by atoms with Crippen LogP contribution >= 0.6 is 0 Å². The average Bonchev–Trinajstić information content (AvgIpc) is 2.47. The topological polar surface area (TPSA) is 46.6 Å². The van der Waals surface area contributed by atoms with Crippen molar-refractivity contribution in [3.63, 3.8) is 0 Å². The Hall–Kier alpha value is -1.07. The molecule has 0 aromatic heterocycles. The number of hydrogen-bond acceptors (Lipinski definition) is 4. The summed E-state index contributed by atoms with van der Waals surface area (Å²) in [4.78, 5) is 2.15. The predicted octanol–water partition coefficient (Wildman–Crippen LogP) is 2.35. The van der Waals surface area contributed by atoms with Crippen LogP contribution in [0.1, 0.15) is 25.7 Å². The number of sulfone groups is 1. The van der Waals surface area contributed by atoms with Gasteiger partial charge in [0.1, 0.15) is 12.4 Å². The summed E-state index contributed by atoms with van der Waals surface area (Å²) in [5, 5.41) is -0.229. The summed E-state index contributed by atoms with van der Waals surface area (Å²) in [6.45, 7) is 1.32. The van der Waals surface area contributed by atoms with Crippen molar-refractivity contribution in [3.8, 4) is 5.75 Å². The number of hydrogen-bond donors (Lipinski definition) is 0. The largest absolute Gasteiger partial charge is 0.492 e. The highest BCUT2D eigenvalue weighted by molar-refractivity contribution is 7.91. The van der Waals surface area contributed by atoms with Crippen molar-refractivity contribution in [2.24, 2.45) is 0 Å². The first-order chi connectivity index (χ1) is 9.98. The minimum absolute atomic E-state index is 0.119. The molecule has 0 heterocycles. The van der Waals surface area contributed by atoms with Gasteiger partial charge in [-0.3, -0.25) is 4.90 Å². The van der Waals surface area contributed by atoms with Crippen LogP contribution in [0.5, 0.6) is 5.75 Å². The Morgan fingerprint density at radius 3 is 2.52 bits per heavy atom. The second-order valence-corrected chi connectivity index (χ2v) is 8.13. The SMILES string of the molecule is CN(CCOc1ccccc1)C1CCCCC1S(C)(=O)=O. The van der Waals surface area contributed by atoms with Crippen molar-refractivity contribution < 1.29 is 13.2 Å². The zero-order valence-electron chi connectivity index (χ0n) is 12.9. The van der Waals surface area contributed by atoms with Gasteiger partial charge in [0.25, 0.3) is 0 Å². The molecule has 118 valence electrons. The van der Waals surface area contributed by atoms with E-state index in [2.05, 4.69) is 4.90 Å². The molecule has 0 spiro atoms. The van der Waals surface area contributed by atoms with Gasteiger partial charge in [-0.2, -0.15) is 0 Å². The maximum Gasteiger partial charge on any atom is 0.151 e. The van der Waals surface area contributed by atoms with E-state index < -0.39 is 9.84 Å². The molecule has 0 bridgehead atoms. The smallest absolute Gasteiger partial charge is 0.151 e. The van der Waals surface area contributed by atoms with Crippen molar-refractivity contribution in [3.05, 3.63) is 30.3 Å². The number of likely N-dealkylation sites (N-methyl/N-ethyl adjacent to an activating group) is 1.